The number of nitrogens with zero attached hydrogens (tertiary/aromatic N) is 2. The second-order valence-electron chi connectivity index (χ2n) is 8.82. The summed E-state index contributed by atoms with van der Waals surface area (Å²) in [6, 6.07) is 15.0. The summed E-state index contributed by atoms with van der Waals surface area (Å²) >= 11 is 0. The van der Waals surface area contributed by atoms with Gasteiger partial charge in [0.25, 0.3) is 11.8 Å². The Morgan fingerprint density at radius 3 is 2.19 bits per heavy atom. The third kappa shape index (κ3) is 4.09. The normalized spacial score (nSPS) is 17.8. The van der Waals surface area contributed by atoms with Crippen LogP contribution >= 0.6 is 0 Å². The zero-order valence-corrected chi connectivity index (χ0v) is 18.7. The number of hydrogen-bond acceptors (Lipinski definition) is 4. The molecule has 0 unspecified atom stereocenters. The highest BCUT2D eigenvalue weighted by Crippen LogP contribution is 2.37. The first-order valence-electron chi connectivity index (χ1n) is 11.1. The van der Waals surface area contributed by atoms with Crippen LogP contribution in [0.2, 0.25) is 0 Å². The topological polar surface area (TPSA) is 49.9 Å². The van der Waals surface area contributed by atoms with E-state index in [9.17, 15) is 9.59 Å². The molecular weight excluding hydrogens is 388 g/mol. The summed E-state index contributed by atoms with van der Waals surface area (Å²) in [5.74, 6) is 0.893. The number of ether oxygens (including phenoxy) is 1. The Kier molecular flexibility index (Phi) is 5.86. The first-order chi connectivity index (χ1) is 14.9. The van der Waals surface area contributed by atoms with E-state index < -0.39 is 0 Å². The lowest BCUT2D eigenvalue weighted by Crippen LogP contribution is -2.38. The van der Waals surface area contributed by atoms with Crippen LogP contribution in [0.15, 0.2) is 54.2 Å². The van der Waals surface area contributed by atoms with Gasteiger partial charge in [0, 0.05) is 13.1 Å². The first kappa shape index (κ1) is 21.2. The number of benzene rings is 2. The molecule has 2 aliphatic rings. The van der Waals surface area contributed by atoms with Crippen LogP contribution in [0.25, 0.3) is 5.57 Å². The van der Waals surface area contributed by atoms with Gasteiger partial charge in [-0.2, -0.15) is 0 Å². The molecule has 2 aromatic carbocycles. The van der Waals surface area contributed by atoms with Crippen molar-refractivity contribution in [3.63, 3.8) is 0 Å². The molecule has 4 rings (SSSR count). The summed E-state index contributed by atoms with van der Waals surface area (Å²) in [7, 11) is 0. The fourth-order valence-electron chi connectivity index (χ4n) is 4.31. The molecule has 162 valence electrons. The minimum Gasteiger partial charge on any atom is -0.491 e. The van der Waals surface area contributed by atoms with E-state index in [4.69, 9.17) is 4.74 Å². The van der Waals surface area contributed by atoms with Crippen molar-refractivity contribution in [3.05, 3.63) is 65.4 Å². The van der Waals surface area contributed by atoms with Gasteiger partial charge in [0.05, 0.1) is 17.4 Å². The largest absolute Gasteiger partial charge is 0.491 e. The second-order valence-corrected chi connectivity index (χ2v) is 8.82. The highest BCUT2D eigenvalue weighted by Gasteiger charge is 2.43. The van der Waals surface area contributed by atoms with Gasteiger partial charge in [0.15, 0.2) is 0 Å². The summed E-state index contributed by atoms with van der Waals surface area (Å²) in [5.41, 5.74) is 3.31. The molecule has 0 atom stereocenters. The molecule has 2 aromatic rings. The standard InChI is InChI=1S/C26H30N2O3/c1-17(2)31-21-11-9-20(10-12-21)23-24(27-15-13-18(3)14-16-27)26(30)28(25(23)29)22-8-6-5-7-19(22)4/h5-12,17-18H,13-16H2,1-4H3. The molecule has 5 heteroatoms. The lowest BCUT2D eigenvalue weighted by molar-refractivity contribution is -0.120. The van der Waals surface area contributed by atoms with Crippen LogP contribution in [0.3, 0.4) is 0 Å². The monoisotopic (exact) mass is 418 g/mol. The third-order valence-electron chi connectivity index (χ3n) is 6.03. The van der Waals surface area contributed by atoms with E-state index in [0.717, 1.165) is 42.8 Å². The van der Waals surface area contributed by atoms with Crippen LogP contribution < -0.4 is 9.64 Å². The van der Waals surface area contributed by atoms with E-state index >= 15 is 0 Å². The van der Waals surface area contributed by atoms with Gasteiger partial charge in [-0.25, -0.2) is 4.90 Å². The molecule has 31 heavy (non-hydrogen) atoms. The van der Waals surface area contributed by atoms with Crippen LogP contribution in [0.1, 0.15) is 44.7 Å². The second kappa shape index (κ2) is 8.58. The van der Waals surface area contributed by atoms with Crippen molar-refractivity contribution in [2.24, 2.45) is 5.92 Å². The van der Waals surface area contributed by atoms with Gasteiger partial charge in [0.1, 0.15) is 11.4 Å². The zero-order chi connectivity index (χ0) is 22.1. The van der Waals surface area contributed by atoms with Crippen molar-refractivity contribution in [2.45, 2.75) is 46.6 Å². The number of aryl methyl sites for hydroxylation is 1. The Morgan fingerprint density at radius 2 is 1.58 bits per heavy atom. The van der Waals surface area contributed by atoms with Gasteiger partial charge in [0.2, 0.25) is 0 Å². The molecule has 1 saturated heterocycles. The molecule has 0 spiro atoms. The Labute approximate surface area is 184 Å². The highest BCUT2D eigenvalue weighted by atomic mass is 16.5. The molecule has 2 heterocycles. The number of rotatable bonds is 5. The summed E-state index contributed by atoms with van der Waals surface area (Å²) in [6.45, 7) is 9.69. The van der Waals surface area contributed by atoms with Crippen molar-refractivity contribution >= 4 is 23.1 Å². The van der Waals surface area contributed by atoms with Crippen molar-refractivity contribution in [3.8, 4) is 5.75 Å². The number of amides is 2. The lowest BCUT2D eigenvalue weighted by atomic mass is 9.97. The maximum Gasteiger partial charge on any atom is 0.282 e. The molecule has 0 radical (unpaired) electrons. The van der Waals surface area contributed by atoms with Crippen LogP contribution in [0.4, 0.5) is 5.69 Å². The molecular formula is C26H30N2O3. The highest BCUT2D eigenvalue weighted by molar-refractivity contribution is 6.45. The molecule has 0 aromatic heterocycles. The average Bonchev–Trinajstić information content (AvgIpc) is 2.99. The third-order valence-corrected chi connectivity index (χ3v) is 6.03. The van der Waals surface area contributed by atoms with E-state index in [0.29, 0.717) is 22.9 Å². The van der Waals surface area contributed by atoms with Gasteiger partial charge in [-0.05, 0) is 68.9 Å². The minimum absolute atomic E-state index is 0.0715. The maximum atomic E-state index is 13.6. The minimum atomic E-state index is -0.259. The lowest BCUT2D eigenvalue weighted by Gasteiger charge is -2.32. The van der Waals surface area contributed by atoms with Gasteiger partial charge in [-0.15, -0.1) is 0 Å². The SMILES string of the molecule is Cc1ccccc1N1C(=O)C(c2ccc(OC(C)C)cc2)=C(N2CCC(C)CC2)C1=O. The van der Waals surface area contributed by atoms with E-state index in [2.05, 4.69) is 11.8 Å². The Balaban J connectivity index is 1.77. The van der Waals surface area contributed by atoms with Crippen molar-refractivity contribution < 1.29 is 14.3 Å². The number of anilines is 1. The molecule has 0 saturated carbocycles. The van der Waals surface area contributed by atoms with E-state index in [1.807, 2.05) is 69.3 Å². The molecule has 2 amide bonds. The van der Waals surface area contributed by atoms with Gasteiger partial charge in [-0.3, -0.25) is 9.59 Å². The maximum absolute atomic E-state index is 13.6. The zero-order valence-electron chi connectivity index (χ0n) is 18.7. The molecule has 5 nitrogen and oxygen atoms in total. The summed E-state index contributed by atoms with van der Waals surface area (Å²) in [5, 5.41) is 0. The molecule has 0 bridgehead atoms. The number of piperidine rings is 1. The Morgan fingerprint density at radius 1 is 0.935 bits per heavy atom. The Bertz CT molecular complexity index is 1020. The molecule has 0 N–H and O–H groups in total. The van der Waals surface area contributed by atoms with E-state index in [1.165, 1.54) is 4.90 Å². The number of para-hydroxylation sites is 1. The summed E-state index contributed by atoms with van der Waals surface area (Å²) in [4.78, 5) is 30.7. The van der Waals surface area contributed by atoms with Crippen LogP contribution in [-0.4, -0.2) is 35.9 Å². The first-order valence-corrected chi connectivity index (χ1v) is 11.1. The average molecular weight is 419 g/mol. The number of hydrogen-bond donors (Lipinski definition) is 0. The number of carbonyl (C=O) groups excluding carboxylic acids is 2. The molecule has 0 aliphatic carbocycles. The smallest absolute Gasteiger partial charge is 0.282 e. The Hall–Kier alpha value is -3.08. The van der Waals surface area contributed by atoms with Crippen LogP contribution in [-0.2, 0) is 9.59 Å². The predicted octanol–water partition coefficient (Wildman–Crippen LogP) is 4.80. The van der Waals surface area contributed by atoms with Crippen molar-refractivity contribution in [2.75, 3.05) is 18.0 Å². The quantitative estimate of drug-likeness (QED) is 0.655. The fraction of sp³-hybridized carbons (Fsp3) is 0.385. The van der Waals surface area contributed by atoms with E-state index in [-0.39, 0.29) is 17.9 Å². The van der Waals surface area contributed by atoms with Gasteiger partial charge < -0.3 is 9.64 Å². The van der Waals surface area contributed by atoms with Crippen LogP contribution in [0, 0.1) is 12.8 Å². The number of carbonyl (C=O) groups is 2. The summed E-state index contributed by atoms with van der Waals surface area (Å²) in [6.07, 6.45) is 2.11. The molecule has 2 aliphatic heterocycles. The summed E-state index contributed by atoms with van der Waals surface area (Å²) < 4.78 is 5.75. The van der Waals surface area contributed by atoms with Gasteiger partial charge >= 0.3 is 0 Å². The number of imide groups is 1. The number of likely N-dealkylation sites (tertiary alicyclic amines) is 1. The van der Waals surface area contributed by atoms with Gasteiger partial charge in [-0.1, -0.05) is 37.3 Å². The molecule has 1 fully saturated rings. The van der Waals surface area contributed by atoms with E-state index in [1.54, 1.807) is 0 Å². The fourth-order valence-corrected chi connectivity index (χ4v) is 4.31. The predicted molar refractivity (Wildman–Crippen MR) is 123 cm³/mol. The van der Waals surface area contributed by atoms with Crippen molar-refractivity contribution in [1.29, 1.82) is 0 Å². The van der Waals surface area contributed by atoms with Crippen molar-refractivity contribution in [1.82, 2.24) is 4.90 Å². The van der Waals surface area contributed by atoms with Crippen LogP contribution in [0.5, 0.6) is 5.75 Å².